The van der Waals surface area contributed by atoms with Crippen LogP contribution in [0, 0.1) is 0 Å². The van der Waals surface area contributed by atoms with Gasteiger partial charge in [0.15, 0.2) is 0 Å². The lowest BCUT2D eigenvalue weighted by Crippen LogP contribution is -2.07. The van der Waals surface area contributed by atoms with E-state index in [-0.39, 0.29) is 6.54 Å². The second-order valence-corrected chi connectivity index (χ2v) is 5.36. The van der Waals surface area contributed by atoms with Crippen LogP contribution in [0.1, 0.15) is 11.1 Å². The van der Waals surface area contributed by atoms with E-state index >= 15 is 0 Å². The predicted molar refractivity (Wildman–Crippen MR) is 76.5 cm³/mol. The number of methoxy groups -OCH3 is 1. The molecule has 0 spiro atoms. The molecule has 112 valence electrons. The van der Waals surface area contributed by atoms with Crippen LogP contribution in [0.2, 0.25) is 0 Å². The van der Waals surface area contributed by atoms with Gasteiger partial charge < -0.3 is 10.5 Å². The van der Waals surface area contributed by atoms with Gasteiger partial charge in [-0.1, -0.05) is 23.9 Å². The fraction of sp³-hybridized carbons (Fsp3) is 0.200. The number of hydrogen-bond acceptors (Lipinski definition) is 3. The Morgan fingerprint density at radius 1 is 1.10 bits per heavy atom. The molecule has 2 nitrogen and oxygen atoms in total. The van der Waals surface area contributed by atoms with Crippen LogP contribution in [0.5, 0.6) is 5.75 Å². The van der Waals surface area contributed by atoms with Gasteiger partial charge in [-0.05, 0) is 35.9 Å². The Morgan fingerprint density at radius 3 is 2.43 bits per heavy atom. The summed E-state index contributed by atoms with van der Waals surface area (Å²) in [5.74, 6) is 0.672. The third-order valence-corrected chi connectivity index (χ3v) is 4.07. The molecular formula is C15H14F3NOS. The minimum atomic E-state index is -4.36. The Kier molecular flexibility index (Phi) is 4.80. The lowest BCUT2D eigenvalue weighted by atomic mass is 10.1. The summed E-state index contributed by atoms with van der Waals surface area (Å²) >= 11 is 1.34. The van der Waals surface area contributed by atoms with Crippen LogP contribution in [0.25, 0.3) is 0 Å². The first kappa shape index (κ1) is 15.7. The van der Waals surface area contributed by atoms with Gasteiger partial charge in [-0.2, -0.15) is 13.2 Å². The zero-order chi connectivity index (χ0) is 15.5. The van der Waals surface area contributed by atoms with Crippen molar-refractivity contribution in [3.63, 3.8) is 0 Å². The van der Waals surface area contributed by atoms with Crippen LogP contribution < -0.4 is 10.5 Å². The van der Waals surface area contributed by atoms with E-state index < -0.39 is 11.7 Å². The zero-order valence-corrected chi connectivity index (χ0v) is 12.1. The molecule has 0 aromatic heterocycles. The van der Waals surface area contributed by atoms with Crippen LogP contribution in [0.15, 0.2) is 52.3 Å². The number of benzene rings is 2. The van der Waals surface area contributed by atoms with Gasteiger partial charge in [-0.3, -0.25) is 0 Å². The summed E-state index contributed by atoms with van der Waals surface area (Å²) in [6, 6.07) is 10.9. The molecule has 21 heavy (non-hydrogen) atoms. The molecular weight excluding hydrogens is 299 g/mol. The van der Waals surface area contributed by atoms with E-state index in [9.17, 15) is 13.2 Å². The third kappa shape index (κ3) is 3.71. The molecule has 0 amide bonds. The van der Waals surface area contributed by atoms with E-state index in [0.717, 1.165) is 17.0 Å². The summed E-state index contributed by atoms with van der Waals surface area (Å²) in [6.07, 6.45) is -4.36. The maximum Gasteiger partial charge on any atom is 0.416 e. The molecule has 0 aliphatic rings. The van der Waals surface area contributed by atoms with Gasteiger partial charge in [-0.15, -0.1) is 0 Å². The molecule has 0 bridgehead atoms. The van der Waals surface area contributed by atoms with Gasteiger partial charge in [0.25, 0.3) is 0 Å². The van der Waals surface area contributed by atoms with Crippen LogP contribution in [-0.2, 0) is 12.7 Å². The van der Waals surface area contributed by atoms with Crippen LogP contribution >= 0.6 is 11.8 Å². The third-order valence-electron chi connectivity index (χ3n) is 2.90. The fourth-order valence-electron chi connectivity index (χ4n) is 1.84. The second-order valence-electron chi connectivity index (χ2n) is 4.28. The van der Waals surface area contributed by atoms with Gasteiger partial charge in [0.2, 0.25) is 0 Å². The topological polar surface area (TPSA) is 35.2 Å². The Bertz CT molecular complexity index is 629. The van der Waals surface area contributed by atoms with Crippen molar-refractivity contribution in [1.29, 1.82) is 0 Å². The molecule has 2 rings (SSSR count). The summed E-state index contributed by atoms with van der Waals surface area (Å²) in [5, 5.41) is 0. The second kappa shape index (κ2) is 6.41. The van der Waals surface area contributed by atoms with Gasteiger partial charge in [0.05, 0.1) is 17.6 Å². The number of hydrogen-bond donors (Lipinski definition) is 1. The van der Waals surface area contributed by atoms with Crippen LogP contribution in [-0.4, -0.2) is 7.11 Å². The highest BCUT2D eigenvalue weighted by Gasteiger charge is 2.30. The van der Waals surface area contributed by atoms with Crippen molar-refractivity contribution in [2.24, 2.45) is 5.73 Å². The smallest absolute Gasteiger partial charge is 0.416 e. The average Bonchev–Trinajstić information content (AvgIpc) is 2.47. The largest absolute Gasteiger partial charge is 0.496 e. The van der Waals surface area contributed by atoms with Gasteiger partial charge in [0, 0.05) is 11.4 Å². The molecule has 0 fully saturated rings. The molecule has 0 unspecified atom stereocenters. The molecule has 0 heterocycles. The summed E-state index contributed by atoms with van der Waals surface area (Å²) in [7, 11) is 1.55. The number of alkyl halides is 3. The molecule has 2 N–H and O–H groups in total. The van der Waals surface area contributed by atoms with Gasteiger partial charge in [0.1, 0.15) is 5.75 Å². The molecule has 0 aliphatic carbocycles. The molecule has 0 atom stereocenters. The summed E-state index contributed by atoms with van der Waals surface area (Å²) in [5.41, 5.74) is 5.35. The van der Waals surface area contributed by atoms with Gasteiger partial charge >= 0.3 is 6.18 Å². The highest BCUT2D eigenvalue weighted by molar-refractivity contribution is 7.99. The molecule has 0 saturated carbocycles. The van der Waals surface area contributed by atoms with Crippen LogP contribution in [0.3, 0.4) is 0 Å². The Balaban J connectivity index is 2.36. The van der Waals surface area contributed by atoms with E-state index in [4.69, 9.17) is 10.5 Å². The molecule has 2 aromatic carbocycles. The number of rotatable bonds is 4. The van der Waals surface area contributed by atoms with E-state index in [1.165, 1.54) is 17.8 Å². The van der Waals surface area contributed by atoms with Crippen molar-refractivity contribution in [2.75, 3.05) is 7.11 Å². The van der Waals surface area contributed by atoms with E-state index in [0.29, 0.717) is 16.2 Å². The maximum atomic E-state index is 12.7. The molecule has 0 aliphatic heterocycles. The fourth-order valence-corrected chi connectivity index (χ4v) is 2.88. The minimum absolute atomic E-state index is 0.0431. The predicted octanol–water partition coefficient (Wildman–Crippen LogP) is 4.32. The van der Waals surface area contributed by atoms with E-state index in [2.05, 4.69) is 0 Å². The van der Waals surface area contributed by atoms with Gasteiger partial charge in [-0.25, -0.2) is 0 Å². The Morgan fingerprint density at radius 2 is 1.81 bits per heavy atom. The lowest BCUT2D eigenvalue weighted by molar-refractivity contribution is -0.137. The number of para-hydroxylation sites is 1. The number of ether oxygens (including phenoxy) is 1. The molecule has 6 heteroatoms. The van der Waals surface area contributed by atoms with E-state index in [1.54, 1.807) is 13.2 Å². The monoisotopic (exact) mass is 313 g/mol. The maximum absolute atomic E-state index is 12.7. The normalized spacial score (nSPS) is 11.5. The van der Waals surface area contributed by atoms with E-state index in [1.807, 2.05) is 18.2 Å². The average molecular weight is 313 g/mol. The molecule has 0 saturated heterocycles. The van der Waals surface area contributed by atoms with Crippen molar-refractivity contribution in [3.8, 4) is 5.75 Å². The van der Waals surface area contributed by atoms with Crippen molar-refractivity contribution >= 4 is 11.8 Å². The van der Waals surface area contributed by atoms with Crippen molar-refractivity contribution < 1.29 is 17.9 Å². The molecule has 2 aromatic rings. The Hall–Kier alpha value is -1.66. The first-order valence-electron chi connectivity index (χ1n) is 6.16. The van der Waals surface area contributed by atoms with Crippen LogP contribution in [0.4, 0.5) is 13.2 Å². The molecule has 0 radical (unpaired) electrons. The summed E-state index contributed by atoms with van der Waals surface area (Å²) in [6.45, 7) is 0.0431. The highest BCUT2D eigenvalue weighted by atomic mass is 32.2. The lowest BCUT2D eigenvalue weighted by Gasteiger charge is -2.13. The summed E-state index contributed by atoms with van der Waals surface area (Å²) < 4.78 is 43.4. The standard InChI is InChI=1S/C15H14F3NOS/c1-20-12-4-2-3-5-14(12)21-13-7-6-11(15(16,17)18)8-10(13)9-19/h2-8H,9,19H2,1H3. The van der Waals surface area contributed by atoms with Crippen molar-refractivity contribution in [1.82, 2.24) is 0 Å². The van der Waals surface area contributed by atoms with Crippen molar-refractivity contribution in [2.45, 2.75) is 22.5 Å². The number of halogens is 3. The first-order valence-corrected chi connectivity index (χ1v) is 6.98. The summed E-state index contributed by atoms with van der Waals surface area (Å²) in [4.78, 5) is 1.52. The Labute approximate surface area is 125 Å². The van der Waals surface area contributed by atoms with Crippen molar-refractivity contribution in [3.05, 3.63) is 53.6 Å². The SMILES string of the molecule is COc1ccccc1Sc1ccc(C(F)(F)F)cc1CN. The first-order chi connectivity index (χ1) is 9.95. The minimum Gasteiger partial charge on any atom is -0.496 e. The quantitative estimate of drug-likeness (QED) is 0.913. The zero-order valence-electron chi connectivity index (χ0n) is 11.3. The highest BCUT2D eigenvalue weighted by Crippen LogP contribution is 2.38. The number of nitrogens with two attached hydrogens (primary N) is 1.